The molecule has 136 valence electrons. The van der Waals surface area contributed by atoms with Crippen molar-refractivity contribution in [2.45, 2.75) is 20.0 Å². The minimum Gasteiger partial charge on any atom is -0.467 e. The van der Waals surface area contributed by atoms with Crippen LogP contribution in [0.5, 0.6) is 0 Å². The summed E-state index contributed by atoms with van der Waals surface area (Å²) in [4.78, 5) is 24.5. The average molecular weight is 396 g/mol. The first-order valence-electron chi connectivity index (χ1n) is 8.41. The fourth-order valence-electron chi connectivity index (χ4n) is 2.75. The Kier molecular flexibility index (Phi) is 5.13. The second-order valence-electron chi connectivity index (χ2n) is 6.05. The summed E-state index contributed by atoms with van der Waals surface area (Å²) >= 11 is 3.06. The molecule has 5 nitrogen and oxygen atoms in total. The van der Waals surface area contributed by atoms with E-state index in [1.165, 1.54) is 11.3 Å². The number of hydrogen-bond acceptors (Lipinski definition) is 6. The predicted molar refractivity (Wildman–Crippen MR) is 107 cm³/mol. The molecule has 4 aromatic rings. The molecule has 0 spiro atoms. The lowest BCUT2D eigenvalue weighted by molar-refractivity contribution is 0.0721. The number of thiazole rings is 1. The van der Waals surface area contributed by atoms with E-state index >= 15 is 0 Å². The molecule has 0 saturated heterocycles. The first-order chi connectivity index (χ1) is 13.2. The van der Waals surface area contributed by atoms with Gasteiger partial charge >= 0.3 is 0 Å². The largest absolute Gasteiger partial charge is 0.467 e. The summed E-state index contributed by atoms with van der Waals surface area (Å²) in [7, 11) is 0. The molecule has 0 aliphatic carbocycles. The van der Waals surface area contributed by atoms with Gasteiger partial charge in [0.15, 0.2) is 0 Å². The van der Waals surface area contributed by atoms with E-state index in [9.17, 15) is 4.79 Å². The van der Waals surface area contributed by atoms with Crippen LogP contribution in [0.2, 0.25) is 0 Å². The number of furan rings is 1. The Balaban J connectivity index is 1.63. The number of aromatic nitrogens is 2. The molecule has 0 fully saturated rings. The molecule has 27 heavy (non-hydrogen) atoms. The Bertz CT molecular complexity index is 1010. The standard InChI is InChI=1S/C20H17N3O2S2/c1-14-18(27-19(22-14)16-6-9-26-13-16)20(24)23(12-17-5-3-8-25-17)11-15-4-2-7-21-10-15/h2-10,13H,11-12H2,1H3. The van der Waals surface area contributed by atoms with Gasteiger partial charge < -0.3 is 9.32 Å². The third kappa shape index (κ3) is 3.99. The van der Waals surface area contributed by atoms with Gasteiger partial charge in [0.25, 0.3) is 5.91 Å². The van der Waals surface area contributed by atoms with E-state index in [2.05, 4.69) is 9.97 Å². The number of amides is 1. The first-order valence-corrected chi connectivity index (χ1v) is 10.2. The molecule has 7 heteroatoms. The van der Waals surface area contributed by atoms with Crippen LogP contribution in [0.1, 0.15) is 26.7 Å². The van der Waals surface area contributed by atoms with Crippen molar-refractivity contribution in [3.63, 3.8) is 0 Å². The van der Waals surface area contributed by atoms with Crippen LogP contribution in [0.25, 0.3) is 10.6 Å². The van der Waals surface area contributed by atoms with Gasteiger partial charge in [-0.3, -0.25) is 9.78 Å². The number of carbonyl (C=O) groups is 1. The Morgan fingerprint density at radius 1 is 1.22 bits per heavy atom. The van der Waals surface area contributed by atoms with Crippen LogP contribution in [0.15, 0.2) is 64.2 Å². The lowest BCUT2D eigenvalue weighted by atomic mass is 10.2. The average Bonchev–Trinajstić information content (AvgIpc) is 3.43. The molecule has 4 aromatic heterocycles. The second-order valence-corrected chi connectivity index (χ2v) is 7.83. The zero-order chi connectivity index (χ0) is 18.6. The van der Waals surface area contributed by atoms with E-state index in [1.807, 2.05) is 48.0 Å². The van der Waals surface area contributed by atoms with Crippen molar-refractivity contribution in [3.05, 3.63) is 81.6 Å². The molecule has 0 N–H and O–H groups in total. The van der Waals surface area contributed by atoms with Crippen molar-refractivity contribution < 1.29 is 9.21 Å². The number of pyridine rings is 1. The second kappa shape index (κ2) is 7.85. The van der Waals surface area contributed by atoms with Gasteiger partial charge in [0.1, 0.15) is 15.6 Å². The molecule has 0 aromatic carbocycles. The number of hydrogen-bond donors (Lipinski definition) is 0. The Morgan fingerprint density at radius 3 is 2.85 bits per heavy atom. The van der Waals surface area contributed by atoms with Gasteiger partial charge in [-0.25, -0.2) is 4.98 Å². The molecule has 0 radical (unpaired) electrons. The number of aryl methyl sites for hydroxylation is 1. The quantitative estimate of drug-likeness (QED) is 0.460. The summed E-state index contributed by atoms with van der Waals surface area (Å²) in [5, 5.41) is 4.93. The summed E-state index contributed by atoms with van der Waals surface area (Å²) in [6, 6.07) is 9.56. The SMILES string of the molecule is Cc1nc(-c2ccsc2)sc1C(=O)N(Cc1cccnc1)Cc1ccco1. The number of carbonyl (C=O) groups excluding carboxylic acids is 1. The Hall–Kier alpha value is -2.77. The maximum atomic E-state index is 13.3. The van der Waals surface area contributed by atoms with Gasteiger partial charge in [0, 0.05) is 29.9 Å². The molecular weight excluding hydrogens is 378 g/mol. The summed E-state index contributed by atoms with van der Waals surface area (Å²) < 4.78 is 5.46. The highest BCUT2D eigenvalue weighted by molar-refractivity contribution is 7.17. The summed E-state index contributed by atoms with van der Waals surface area (Å²) in [6.45, 7) is 2.74. The van der Waals surface area contributed by atoms with Gasteiger partial charge in [-0.05, 0) is 42.1 Å². The van der Waals surface area contributed by atoms with Gasteiger partial charge in [-0.1, -0.05) is 6.07 Å². The summed E-state index contributed by atoms with van der Waals surface area (Å²) in [5.41, 5.74) is 2.77. The molecule has 4 heterocycles. The molecule has 0 unspecified atom stereocenters. The highest BCUT2D eigenvalue weighted by atomic mass is 32.1. The van der Waals surface area contributed by atoms with Crippen molar-refractivity contribution in [1.29, 1.82) is 0 Å². The lowest BCUT2D eigenvalue weighted by Gasteiger charge is -2.21. The number of rotatable bonds is 6. The smallest absolute Gasteiger partial charge is 0.266 e. The fraction of sp³-hybridized carbons (Fsp3) is 0.150. The minimum atomic E-state index is -0.0493. The third-order valence-electron chi connectivity index (χ3n) is 4.07. The van der Waals surface area contributed by atoms with E-state index < -0.39 is 0 Å². The van der Waals surface area contributed by atoms with Crippen LogP contribution in [0.4, 0.5) is 0 Å². The molecule has 0 bridgehead atoms. The number of thiophene rings is 1. The van der Waals surface area contributed by atoms with E-state index in [-0.39, 0.29) is 5.91 Å². The van der Waals surface area contributed by atoms with Crippen molar-refractivity contribution in [3.8, 4) is 10.6 Å². The molecule has 0 aliphatic heterocycles. The molecule has 1 amide bonds. The molecule has 0 saturated carbocycles. The fourth-order valence-corrected chi connectivity index (χ4v) is 4.50. The summed E-state index contributed by atoms with van der Waals surface area (Å²) in [5.74, 6) is 0.694. The van der Waals surface area contributed by atoms with Crippen molar-refractivity contribution in [1.82, 2.24) is 14.9 Å². The van der Waals surface area contributed by atoms with E-state index in [4.69, 9.17) is 4.42 Å². The van der Waals surface area contributed by atoms with Crippen LogP contribution in [-0.2, 0) is 13.1 Å². The van der Waals surface area contributed by atoms with Crippen LogP contribution < -0.4 is 0 Å². The maximum Gasteiger partial charge on any atom is 0.266 e. The highest BCUT2D eigenvalue weighted by Gasteiger charge is 2.23. The van der Waals surface area contributed by atoms with Gasteiger partial charge in [0.05, 0.1) is 18.5 Å². The van der Waals surface area contributed by atoms with E-state index in [1.54, 1.807) is 34.9 Å². The van der Waals surface area contributed by atoms with Crippen molar-refractivity contribution in [2.75, 3.05) is 0 Å². The topological polar surface area (TPSA) is 59.2 Å². The molecule has 0 atom stereocenters. The monoisotopic (exact) mass is 395 g/mol. The van der Waals surface area contributed by atoms with Crippen molar-refractivity contribution >= 4 is 28.6 Å². The van der Waals surface area contributed by atoms with Crippen LogP contribution in [-0.4, -0.2) is 20.8 Å². The van der Waals surface area contributed by atoms with Crippen LogP contribution in [0, 0.1) is 6.92 Å². The lowest BCUT2D eigenvalue weighted by Crippen LogP contribution is -2.30. The molecule has 4 rings (SSSR count). The van der Waals surface area contributed by atoms with Gasteiger partial charge in [-0.15, -0.1) is 11.3 Å². The minimum absolute atomic E-state index is 0.0493. The number of nitrogens with zero attached hydrogens (tertiary/aromatic N) is 3. The maximum absolute atomic E-state index is 13.3. The van der Waals surface area contributed by atoms with Gasteiger partial charge in [-0.2, -0.15) is 11.3 Å². The molecular formula is C20H17N3O2S2. The zero-order valence-electron chi connectivity index (χ0n) is 14.7. The molecule has 0 aliphatic rings. The Morgan fingerprint density at radius 2 is 2.15 bits per heavy atom. The van der Waals surface area contributed by atoms with E-state index in [0.717, 1.165) is 27.6 Å². The van der Waals surface area contributed by atoms with Crippen molar-refractivity contribution in [2.24, 2.45) is 0 Å². The van der Waals surface area contributed by atoms with Crippen LogP contribution in [0.3, 0.4) is 0 Å². The first kappa shape index (κ1) is 17.6. The predicted octanol–water partition coefficient (Wildman–Crippen LogP) is 5.01. The van der Waals surface area contributed by atoms with Gasteiger partial charge in [0.2, 0.25) is 0 Å². The third-order valence-corrected chi connectivity index (χ3v) is 5.95. The van der Waals surface area contributed by atoms with Crippen LogP contribution >= 0.6 is 22.7 Å². The zero-order valence-corrected chi connectivity index (χ0v) is 16.3. The normalized spacial score (nSPS) is 10.9. The highest BCUT2D eigenvalue weighted by Crippen LogP contribution is 2.30. The Labute approximate surface area is 164 Å². The van der Waals surface area contributed by atoms with E-state index in [0.29, 0.717) is 18.0 Å². The summed E-state index contributed by atoms with van der Waals surface area (Å²) in [6.07, 6.45) is 5.12.